The molecule has 2 nitrogen and oxygen atoms in total. The number of carbonyl (C=O) groups is 1. The van der Waals surface area contributed by atoms with Crippen molar-refractivity contribution in [1.82, 2.24) is 0 Å². The molecular weight excluding hydrogens is 290 g/mol. The zero-order valence-corrected chi connectivity index (χ0v) is 9.61. The minimum Gasteiger partial charge on any atom is -0.507 e. The molecule has 1 aliphatic rings. The van der Waals surface area contributed by atoms with Gasteiger partial charge in [0.25, 0.3) is 5.78 Å². The number of carbonyl (C=O) groups excluding carboxylic acids is 1. The third-order valence-electron chi connectivity index (χ3n) is 2.96. The van der Waals surface area contributed by atoms with E-state index in [1.54, 1.807) is 0 Å². The predicted molar refractivity (Wildman–Crippen MR) is 55.2 cm³/mol. The largest absolute Gasteiger partial charge is 0.507 e. The first kappa shape index (κ1) is 14.4. The van der Waals surface area contributed by atoms with E-state index in [0.717, 1.165) is 0 Å². The fraction of sp³-hybridized carbons (Fsp3) is 0.250. The van der Waals surface area contributed by atoms with E-state index in [9.17, 15) is 36.2 Å². The molecule has 108 valence electrons. The fourth-order valence-corrected chi connectivity index (χ4v) is 2.01. The minimum atomic E-state index is -5.21. The fourth-order valence-electron chi connectivity index (χ4n) is 2.01. The lowest BCUT2D eigenvalue weighted by Gasteiger charge is -2.20. The van der Waals surface area contributed by atoms with Gasteiger partial charge in [-0.15, -0.1) is 0 Å². The van der Waals surface area contributed by atoms with E-state index in [2.05, 4.69) is 0 Å². The second-order valence-electron chi connectivity index (χ2n) is 4.17. The summed E-state index contributed by atoms with van der Waals surface area (Å²) in [5.41, 5.74) is -2.09. The van der Waals surface area contributed by atoms with Crippen molar-refractivity contribution in [2.75, 3.05) is 0 Å². The van der Waals surface area contributed by atoms with Gasteiger partial charge in [0.05, 0.1) is 0 Å². The minimum absolute atomic E-state index is 0.367. The van der Waals surface area contributed by atoms with E-state index in [1.807, 2.05) is 0 Å². The van der Waals surface area contributed by atoms with E-state index < -0.39 is 64.7 Å². The number of rotatable bonds is 1. The van der Waals surface area contributed by atoms with Crippen molar-refractivity contribution >= 4 is 11.5 Å². The first-order chi connectivity index (χ1) is 9.14. The summed E-state index contributed by atoms with van der Waals surface area (Å²) in [7, 11) is 0. The average molecular weight is 296 g/mol. The molecule has 0 bridgehead atoms. The van der Waals surface area contributed by atoms with E-state index >= 15 is 0 Å². The van der Waals surface area contributed by atoms with Crippen LogP contribution < -0.4 is 0 Å². The van der Waals surface area contributed by atoms with Crippen molar-refractivity contribution in [3.05, 3.63) is 40.2 Å². The molecule has 0 heterocycles. The van der Waals surface area contributed by atoms with Crippen LogP contribution in [-0.2, 0) is 11.2 Å². The molecule has 0 spiro atoms. The monoisotopic (exact) mass is 296 g/mol. The van der Waals surface area contributed by atoms with Gasteiger partial charge in [-0.1, -0.05) is 0 Å². The summed E-state index contributed by atoms with van der Waals surface area (Å²) in [6.45, 7) is 0. The Morgan fingerprint density at radius 1 is 1.10 bits per heavy atom. The molecule has 0 saturated heterocycles. The lowest BCUT2D eigenvalue weighted by molar-refractivity contribution is -0.166. The highest BCUT2D eigenvalue weighted by atomic mass is 19.4. The zero-order valence-electron chi connectivity index (χ0n) is 9.61. The Labute approximate surface area is 108 Å². The van der Waals surface area contributed by atoms with Crippen LogP contribution in [0.15, 0.2) is 11.6 Å². The lowest BCUT2D eigenvalue weighted by Crippen LogP contribution is -2.27. The van der Waals surface area contributed by atoms with Gasteiger partial charge in [0.15, 0.2) is 17.5 Å². The van der Waals surface area contributed by atoms with Gasteiger partial charge in [-0.2, -0.15) is 13.2 Å². The molecule has 0 fully saturated rings. The lowest BCUT2D eigenvalue weighted by atomic mass is 9.88. The molecule has 0 amide bonds. The number of aliphatic hydroxyl groups excluding tert-OH is 1. The molecule has 1 aromatic carbocycles. The number of ketones is 1. The van der Waals surface area contributed by atoms with Crippen molar-refractivity contribution < 1.29 is 36.2 Å². The van der Waals surface area contributed by atoms with Gasteiger partial charge in [0, 0.05) is 16.7 Å². The van der Waals surface area contributed by atoms with Gasteiger partial charge < -0.3 is 5.11 Å². The summed E-state index contributed by atoms with van der Waals surface area (Å²) in [6, 6.07) is 0.367. The zero-order chi connectivity index (χ0) is 15.2. The van der Waals surface area contributed by atoms with Crippen molar-refractivity contribution in [3.8, 4) is 0 Å². The Hall–Kier alpha value is -1.99. The Bertz CT molecular complexity index is 630. The third-order valence-corrected chi connectivity index (χ3v) is 2.96. The number of halogens is 6. The second kappa shape index (κ2) is 4.53. The summed E-state index contributed by atoms with van der Waals surface area (Å²) in [5, 5.41) is 9.60. The predicted octanol–water partition coefficient (Wildman–Crippen LogP) is 3.45. The summed E-state index contributed by atoms with van der Waals surface area (Å²) < 4.78 is 76.4. The number of benzene rings is 1. The number of aliphatic hydroxyl groups is 1. The van der Waals surface area contributed by atoms with Gasteiger partial charge in [0.1, 0.15) is 5.76 Å². The first-order valence-corrected chi connectivity index (χ1v) is 5.35. The van der Waals surface area contributed by atoms with Gasteiger partial charge in [0.2, 0.25) is 0 Å². The quantitative estimate of drug-likeness (QED) is 0.636. The molecule has 0 radical (unpaired) electrons. The molecule has 0 aromatic heterocycles. The summed E-state index contributed by atoms with van der Waals surface area (Å²) in [4.78, 5) is 11.1. The third kappa shape index (κ3) is 2.14. The van der Waals surface area contributed by atoms with Crippen LogP contribution >= 0.6 is 0 Å². The van der Waals surface area contributed by atoms with E-state index in [1.165, 1.54) is 0 Å². The van der Waals surface area contributed by atoms with Gasteiger partial charge in [-0.25, -0.2) is 13.2 Å². The molecule has 0 aliphatic heterocycles. The van der Waals surface area contributed by atoms with Gasteiger partial charge in [-0.05, 0) is 18.9 Å². The van der Waals surface area contributed by atoms with E-state index in [4.69, 9.17) is 0 Å². The highest BCUT2D eigenvalue weighted by molar-refractivity contribution is 6.05. The maximum absolute atomic E-state index is 13.4. The molecule has 2 rings (SSSR count). The first-order valence-electron chi connectivity index (χ1n) is 5.35. The van der Waals surface area contributed by atoms with Crippen LogP contribution in [0, 0.1) is 17.5 Å². The normalized spacial score (nSPS) is 15.3. The van der Waals surface area contributed by atoms with Crippen molar-refractivity contribution in [1.29, 1.82) is 0 Å². The van der Waals surface area contributed by atoms with Gasteiger partial charge in [-0.3, -0.25) is 4.79 Å². The van der Waals surface area contributed by atoms with Crippen LogP contribution in [0.1, 0.15) is 17.5 Å². The highest BCUT2D eigenvalue weighted by Gasteiger charge is 2.43. The van der Waals surface area contributed by atoms with E-state index in [0.29, 0.717) is 6.07 Å². The molecule has 1 N–H and O–H groups in total. The second-order valence-corrected chi connectivity index (χ2v) is 4.17. The van der Waals surface area contributed by atoms with Crippen LogP contribution in [-0.4, -0.2) is 17.1 Å². The maximum Gasteiger partial charge on any atom is 0.454 e. The van der Waals surface area contributed by atoms with Crippen LogP contribution in [0.2, 0.25) is 0 Å². The smallest absolute Gasteiger partial charge is 0.454 e. The molecule has 20 heavy (non-hydrogen) atoms. The number of hydrogen-bond donors (Lipinski definition) is 1. The van der Waals surface area contributed by atoms with Crippen molar-refractivity contribution in [2.45, 2.75) is 19.0 Å². The average Bonchev–Trinajstić information content (AvgIpc) is 2.36. The van der Waals surface area contributed by atoms with Crippen LogP contribution in [0.5, 0.6) is 0 Å². The summed E-state index contributed by atoms with van der Waals surface area (Å²) in [6.07, 6.45) is -6.27. The standard InChI is InChI=1S/C12H6F6O2/c13-7-3-6-4(8(14)9(7)15)1-2-5(10(6)19)11(20)12(16,17)18/h3,19H,1-2H2. The number of hydrogen-bond acceptors (Lipinski definition) is 2. The Morgan fingerprint density at radius 2 is 1.70 bits per heavy atom. The molecule has 8 heteroatoms. The molecule has 1 aromatic rings. The summed E-state index contributed by atoms with van der Waals surface area (Å²) in [5.74, 6) is -8.47. The van der Waals surface area contributed by atoms with Crippen LogP contribution in [0.3, 0.4) is 0 Å². The topological polar surface area (TPSA) is 37.3 Å². The van der Waals surface area contributed by atoms with E-state index in [-0.39, 0.29) is 0 Å². The Morgan fingerprint density at radius 3 is 2.25 bits per heavy atom. The molecule has 0 atom stereocenters. The molecule has 0 unspecified atom stereocenters. The Balaban J connectivity index is 2.62. The van der Waals surface area contributed by atoms with Crippen LogP contribution in [0.4, 0.5) is 26.3 Å². The highest BCUT2D eigenvalue weighted by Crippen LogP contribution is 2.36. The van der Waals surface area contributed by atoms with Crippen molar-refractivity contribution in [3.63, 3.8) is 0 Å². The molecule has 0 saturated carbocycles. The summed E-state index contributed by atoms with van der Waals surface area (Å²) >= 11 is 0. The SMILES string of the molecule is O=C(C1=C(O)c2cc(F)c(F)c(F)c2CC1)C(F)(F)F. The maximum atomic E-state index is 13.4. The van der Waals surface area contributed by atoms with Crippen molar-refractivity contribution in [2.24, 2.45) is 0 Å². The molecule has 1 aliphatic carbocycles. The number of Topliss-reactive ketones (excluding diaryl/α,β-unsaturated/α-hetero) is 1. The van der Waals surface area contributed by atoms with Gasteiger partial charge >= 0.3 is 6.18 Å². The Kier molecular flexibility index (Phi) is 3.27. The molecular formula is C12H6F6O2. The van der Waals surface area contributed by atoms with Crippen LogP contribution in [0.25, 0.3) is 5.76 Å². The number of fused-ring (bicyclic) bond motifs is 1. The number of allylic oxidation sites excluding steroid dienone is 1. The number of alkyl halides is 3.